The lowest BCUT2D eigenvalue weighted by atomic mass is 10.2. The van der Waals surface area contributed by atoms with Crippen LogP contribution in [0.4, 0.5) is 5.69 Å². The number of hydrogen-bond acceptors (Lipinski definition) is 5. The molecule has 4 aromatic rings. The number of thiazole rings is 1. The molecule has 6 nitrogen and oxygen atoms in total. The van der Waals surface area contributed by atoms with E-state index in [4.69, 9.17) is 0 Å². The van der Waals surface area contributed by atoms with Crippen molar-refractivity contribution in [2.24, 2.45) is 0 Å². The number of anilines is 1. The molecule has 0 radical (unpaired) electrons. The fraction of sp³-hybridized carbons (Fsp3) is 0.0526. The predicted molar refractivity (Wildman–Crippen MR) is 101 cm³/mol. The monoisotopic (exact) mass is 361 g/mol. The number of carbonyl (C=O) groups is 1. The van der Waals surface area contributed by atoms with Crippen molar-refractivity contribution in [2.45, 2.75) is 6.42 Å². The van der Waals surface area contributed by atoms with Gasteiger partial charge in [-0.2, -0.15) is 5.10 Å². The van der Waals surface area contributed by atoms with E-state index in [-0.39, 0.29) is 12.3 Å². The largest absolute Gasteiger partial charge is 0.326 e. The highest BCUT2D eigenvalue weighted by molar-refractivity contribution is 7.13. The van der Waals surface area contributed by atoms with Crippen molar-refractivity contribution in [3.05, 3.63) is 78.3 Å². The number of pyridine rings is 1. The zero-order valence-corrected chi connectivity index (χ0v) is 14.6. The van der Waals surface area contributed by atoms with Crippen molar-refractivity contribution >= 4 is 22.9 Å². The molecule has 0 aliphatic heterocycles. The average molecular weight is 361 g/mol. The lowest BCUT2D eigenvalue weighted by Crippen LogP contribution is -2.14. The summed E-state index contributed by atoms with van der Waals surface area (Å²) in [5.74, 6) is -0.0973. The van der Waals surface area contributed by atoms with Crippen molar-refractivity contribution in [3.8, 4) is 16.3 Å². The number of nitrogens with zero attached hydrogens (tertiary/aromatic N) is 4. The van der Waals surface area contributed by atoms with Crippen LogP contribution in [0.3, 0.4) is 0 Å². The maximum Gasteiger partial charge on any atom is 0.230 e. The van der Waals surface area contributed by atoms with E-state index in [1.165, 1.54) is 11.3 Å². The normalized spacial score (nSPS) is 10.6. The van der Waals surface area contributed by atoms with E-state index < -0.39 is 0 Å². The second-order valence-electron chi connectivity index (χ2n) is 5.61. The zero-order valence-electron chi connectivity index (χ0n) is 13.7. The van der Waals surface area contributed by atoms with Crippen LogP contribution >= 0.6 is 11.3 Å². The fourth-order valence-corrected chi connectivity index (χ4v) is 3.31. The summed E-state index contributed by atoms with van der Waals surface area (Å²) in [6.45, 7) is 0. The first-order valence-corrected chi connectivity index (χ1v) is 8.91. The molecule has 1 aromatic carbocycles. The molecule has 4 rings (SSSR count). The van der Waals surface area contributed by atoms with Crippen LogP contribution < -0.4 is 5.32 Å². The van der Waals surface area contributed by atoms with Crippen LogP contribution in [-0.4, -0.2) is 25.7 Å². The lowest BCUT2D eigenvalue weighted by Gasteiger charge is -2.06. The van der Waals surface area contributed by atoms with Gasteiger partial charge in [0, 0.05) is 41.4 Å². The summed E-state index contributed by atoms with van der Waals surface area (Å²) in [7, 11) is 0. The van der Waals surface area contributed by atoms with Crippen LogP contribution in [0.1, 0.15) is 5.69 Å². The number of amides is 1. The van der Waals surface area contributed by atoms with E-state index in [1.54, 1.807) is 23.3 Å². The SMILES string of the molecule is O=C(Cc1csc(-c2cccnc2)n1)Nc1ccc(-n2cccn2)cc1. The molecule has 128 valence electrons. The van der Waals surface area contributed by atoms with Crippen molar-refractivity contribution in [1.82, 2.24) is 19.7 Å². The second kappa shape index (κ2) is 7.28. The minimum atomic E-state index is -0.0973. The Balaban J connectivity index is 1.39. The molecule has 3 heterocycles. The Kier molecular flexibility index (Phi) is 4.53. The van der Waals surface area contributed by atoms with E-state index in [1.807, 2.05) is 54.0 Å². The molecule has 0 spiro atoms. The third kappa shape index (κ3) is 3.68. The fourth-order valence-electron chi connectivity index (χ4n) is 2.50. The van der Waals surface area contributed by atoms with Crippen LogP contribution in [-0.2, 0) is 11.2 Å². The van der Waals surface area contributed by atoms with Crippen LogP contribution in [0, 0.1) is 0 Å². The van der Waals surface area contributed by atoms with Gasteiger partial charge in [0.25, 0.3) is 0 Å². The molecule has 0 saturated heterocycles. The van der Waals surface area contributed by atoms with Gasteiger partial charge >= 0.3 is 0 Å². The quantitative estimate of drug-likeness (QED) is 0.590. The number of rotatable bonds is 5. The van der Waals surface area contributed by atoms with Gasteiger partial charge in [-0.15, -0.1) is 11.3 Å². The molecule has 26 heavy (non-hydrogen) atoms. The first kappa shape index (κ1) is 16.2. The summed E-state index contributed by atoms with van der Waals surface area (Å²) in [4.78, 5) is 20.9. The number of nitrogens with one attached hydrogen (secondary N) is 1. The lowest BCUT2D eigenvalue weighted by molar-refractivity contribution is -0.115. The number of hydrogen-bond donors (Lipinski definition) is 1. The summed E-state index contributed by atoms with van der Waals surface area (Å²) in [5, 5.41) is 9.84. The highest BCUT2D eigenvalue weighted by Gasteiger charge is 2.09. The number of aromatic nitrogens is 4. The van der Waals surface area contributed by atoms with Gasteiger partial charge in [0.15, 0.2) is 0 Å². The van der Waals surface area contributed by atoms with Crippen molar-refractivity contribution < 1.29 is 4.79 Å². The molecular weight excluding hydrogens is 346 g/mol. The minimum Gasteiger partial charge on any atom is -0.326 e. The van der Waals surface area contributed by atoms with Gasteiger partial charge in [-0.25, -0.2) is 9.67 Å². The van der Waals surface area contributed by atoms with Crippen molar-refractivity contribution in [1.29, 1.82) is 0 Å². The molecule has 0 aliphatic carbocycles. The third-order valence-electron chi connectivity index (χ3n) is 3.72. The Morgan fingerprint density at radius 1 is 1.12 bits per heavy atom. The van der Waals surface area contributed by atoms with Gasteiger partial charge in [0.1, 0.15) is 5.01 Å². The van der Waals surface area contributed by atoms with Crippen molar-refractivity contribution in [3.63, 3.8) is 0 Å². The van der Waals surface area contributed by atoms with Gasteiger partial charge < -0.3 is 5.32 Å². The Bertz CT molecular complexity index is 994. The Morgan fingerprint density at radius 3 is 2.73 bits per heavy atom. The van der Waals surface area contributed by atoms with Gasteiger partial charge in [0.05, 0.1) is 17.8 Å². The standard InChI is InChI=1S/C19H15N5OS/c25-18(11-16-13-26-19(23-16)14-3-1-8-20-12-14)22-15-4-6-17(7-5-15)24-10-2-9-21-24/h1-10,12-13H,11H2,(H,22,25). The summed E-state index contributed by atoms with van der Waals surface area (Å²) < 4.78 is 1.76. The first-order valence-electron chi connectivity index (χ1n) is 8.03. The van der Waals surface area contributed by atoms with E-state index in [2.05, 4.69) is 20.4 Å². The maximum atomic E-state index is 12.3. The molecule has 0 bridgehead atoms. The smallest absolute Gasteiger partial charge is 0.230 e. The summed E-state index contributed by atoms with van der Waals surface area (Å²) in [5.41, 5.74) is 3.39. The van der Waals surface area contributed by atoms with Crippen molar-refractivity contribution in [2.75, 3.05) is 5.32 Å². The highest BCUT2D eigenvalue weighted by Crippen LogP contribution is 2.23. The Morgan fingerprint density at radius 2 is 2.00 bits per heavy atom. The number of carbonyl (C=O) groups excluding carboxylic acids is 1. The Labute approximate surface area is 154 Å². The van der Waals surface area contributed by atoms with Gasteiger partial charge in [-0.05, 0) is 42.5 Å². The first-order chi connectivity index (χ1) is 12.8. The van der Waals surface area contributed by atoms with E-state index in [0.717, 1.165) is 27.6 Å². The van der Waals surface area contributed by atoms with Gasteiger partial charge in [-0.1, -0.05) is 0 Å². The van der Waals surface area contributed by atoms with Gasteiger partial charge in [-0.3, -0.25) is 9.78 Å². The molecule has 7 heteroatoms. The topological polar surface area (TPSA) is 72.7 Å². The highest BCUT2D eigenvalue weighted by atomic mass is 32.1. The van der Waals surface area contributed by atoms with E-state index >= 15 is 0 Å². The minimum absolute atomic E-state index is 0.0973. The molecule has 0 fully saturated rings. The van der Waals surface area contributed by atoms with Crippen LogP contribution in [0.25, 0.3) is 16.3 Å². The average Bonchev–Trinajstić information content (AvgIpc) is 3.35. The molecular formula is C19H15N5OS. The molecule has 1 amide bonds. The van der Waals surface area contributed by atoms with E-state index in [9.17, 15) is 4.79 Å². The van der Waals surface area contributed by atoms with Crippen LogP contribution in [0.2, 0.25) is 0 Å². The summed E-state index contributed by atoms with van der Waals surface area (Å²) >= 11 is 1.51. The van der Waals surface area contributed by atoms with Gasteiger partial charge in [0.2, 0.25) is 5.91 Å². The van der Waals surface area contributed by atoms with E-state index in [0.29, 0.717) is 0 Å². The molecule has 1 N–H and O–H groups in total. The predicted octanol–water partition coefficient (Wildman–Crippen LogP) is 3.57. The number of benzene rings is 1. The van der Waals surface area contributed by atoms with Crippen LogP contribution in [0.15, 0.2) is 72.6 Å². The maximum absolute atomic E-state index is 12.3. The molecule has 0 saturated carbocycles. The third-order valence-corrected chi connectivity index (χ3v) is 4.66. The summed E-state index contributed by atoms with van der Waals surface area (Å²) in [6, 6.07) is 13.2. The molecule has 3 aromatic heterocycles. The molecule has 0 aliphatic rings. The van der Waals surface area contributed by atoms with Crippen LogP contribution in [0.5, 0.6) is 0 Å². The summed E-state index contributed by atoms with van der Waals surface area (Å²) in [6.07, 6.45) is 7.32. The second-order valence-corrected chi connectivity index (χ2v) is 6.47. The molecule has 0 atom stereocenters. The molecule has 0 unspecified atom stereocenters. The Hall–Kier alpha value is -3.32. The zero-order chi connectivity index (χ0) is 17.8.